The van der Waals surface area contributed by atoms with Crippen LogP contribution in [0.2, 0.25) is 0 Å². The lowest BCUT2D eigenvalue weighted by atomic mass is 10.1. The molecule has 1 aliphatic rings. The molecule has 0 spiro atoms. The Labute approximate surface area is 149 Å². The summed E-state index contributed by atoms with van der Waals surface area (Å²) in [6, 6.07) is 2.01. The van der Waals surface area contributed by atoms with Crippen LogP contribution in [0.3, 0.4) is 0 Å². The largest absolute Gasteiger partial charge is 0.353 e. The van der Waals surface area contributed by atoms with Gasteiger partial charge in [-0.3, -0.25) is 14.7 Å². The highest BCUT2D eigenvalue weighted by atomic mass is 16.2. The van der Waals surface area contributed by atoms with E-state index in [4.69, 9.17) is 0 Å². The zero-order valence-corrected chi connectivity index (χ0v) is 15.8. The van der Waals surface area contributed by atoms with Gasteiger partial charge in [0.1, 0.15) is 0 Å². The molecule has 0 saturated carbocycles. The SMILES string of the molecule is Cc1cc(C)c(NC(=O)N2CCN(CC(=O)NC(C)C)CC2)c(C)n1. The number of piperazine rings is 1. The van der Waals surface area contributed by atoms with Gasteiger partial charge in [0, 0.05) is 37.9 Å². The molecule has 1 aromatic rings. The highest BCUT2D eigenvalue weighted by molar-refractivity contribution is 5.90. The van der Waals surface area contributed by atoms with E-state index in [0.717, 1.165) is 22.6 Å². The van der Waals surface area contributed by atoms with Gasteiger partial charge in [-0.1, -0.05) is 0 Å². The minimum atomic E-state index is -0.108. The number of carbonyl (C=O) groups excluding carboxylic acids is 2. The van der Waals surface area contributed by atoms with Crippen molar-refractivity contribution in [3.05, 3.63) is 23.0 Å². The normalized spacial score (nSPS) is 15.4. The van der Waals surface area contributed by atoms with Crippen molar-refractivity contribution in [2.45, 2.75) is 40.7 Å². The van der Waals surface area contributed by atoms with Crippen LogP contribution in [0, 0.1) is 20.8 Å². The van der Waals surface area contributed by atoms with E-state index in [2.05, 4.69) is 20.5 Å². The summed E-state index contributed by atoms with van der Waals surface area (Å²) in [6.07, 6.45) is 0. The molecule has 138 valence electrons. The van der Waals surface area contributed by atoms with Crippen LogP contribution in [-0.4, -0.2) is 65.5 Å². The van der Waals surface area contributed by atoms with E-state index >= 15 is 0 Å². The van der Waals surface area contributed by atoms with E-state index in [-0.39, 0.29) is 18.0 Å². The Bertz CT molecular complexity index is 613. The molecular weight excluding hydrogens is 318 g/mol. The second-order valence-corrected chi connectivity index (χ2v) is 6.96. The highest BCUT2D eigenvalue weighted by Crippen LogP contribution is 2.20. The molecule has 2 rings (SSSR count). The zero-order chi connectivity index (χ0) is 18.6. The summed E-state index contributed by atoms with van der Waals surface area (Å²) < 4.78 is 0. The zero-order valence-electron chi connectivity index (χ0n) is 15.8. The van der Waals surface area contributed by atoms with Gasteiger partial charge in [-0.05, 0) is 46.2 Å². The third kappa shape index (κ3) is 5.42. The number of nitrogens with zero attached hydrogens (tertiary/aromatic N) is 3. The van der Waals surface area contributed by atoms with Gasteiger partial charge in [-0.2, -0.15) is 0 Å². The molecule has 0 aliphatic carbocycles. The van der Waals surface area contributed by atoms with E-state index in [0.29, 0.717) is 32.7 Å². The van der Waals surface area contributed by atoms with Gasteiger partial charge < -0.3 is 15.5 Å². The summed E-state index contributed by atoms with van der Waals surface area (Å²) in [6.45, 7) is 12.7. The lowest BCUT2D eigenvalue weighted by Crippen LogP contribution is -2.52. The summed E-state index contributed by atoms with van der Waals surface area (Å²) in [5.41, 5.74) is 3.58. The Balaban J connectivity index is 1.86. The van der Waals surface area contributed by atoms with E-state index in [1.165, 1.54) is 0 Å². The topological polar surface area (TPSA) is 77.6 Å². The van der Waals surface area contributed by atoms with Crippen LogP contribution in [0.1, 0.15) is 30.8 Å². The number of pyridine rings is 1. The van der Waals surface area contributed by atoms with Crippen LogP contribution in [0.15, 0.2) is 6.07 Å². The maximum atomic E-state index is 12.5. The van der Waals surface area contributed by atoms with Gasteiger partial charge in [0.15, 0.2) is 0 Å². The molecule has 0 bridgehead atoms. The fourth-order valence-corrected chi connectivity index (χ4v) is 3.08. The van der Waals surface area contributed by atoms with Crippen LogP contribution >= 0.6 is 0 Å². The summed E-state index contributed by atoms with van der Waals surface area (Å²) >= 11 is 0. The van der Waals surface area contributed by atoms with Crippen molar-refractivity contribution in [2.75, 3.05) is 38.0 Å². The third-order valence-electron chi connectivity index (χ3n) is 4.23. The fourth-order valence-electron chi connectivity index (χ4n) is 3.08. The Morgan fingerprint density at radius 3 is 2.36 bits per heavy atom. The summed E-state index contributed by atoms with van der Waals surface area (Å²) in [4.78, 5) is 32.6. The van der Waals surface area contributed by atoms with Crippen molar-refractivity contribution >= 4 is 17.6 Å². The molecule has 0 radical (unpaired) electrons. The summed E-state index contributed by atoms with van der Waals surface area (Å²) in [5.74, 6) is 0.0323. The first-order valence-corrected chi connectivity index (χ1v) is 8.78. The molecule has 0 atom stereocenters. The molecular formula is C18H29N5O2. The number of carbonyl (C=O) groups is 2. The Kier molecular flexibility index (Phi) is 6.36. The molecule has 2 heterocycles. The Morgan fingerprint density at radius 1 is 1.16 bits per heavy atom. The predicted molar refractivity (Wildman–Crippen MR) is 98.8 cm³/mol. The van der Waals surface area contributed by atoms with Crippen LogP contribution in [0.5, 0.6) is 0 Å². The number of hydrogen-bond acceptors (Lipinski definition) is 4. The van der Waals surface area contributed by atoms with Gasteiger partial charge in [0.25, 0.3) is 0 Å². The average molecular weight is 347 g/mol. The molecule has 2 N–H and O–H groups in total. The number of amides is 3. The average Bonchev–Trinajstić information content (AvgIpc) is 2.50. The van der Waals surface area contributed by atoms with Crippen molar-refractivity contribution in [1.29, 1.82) is 0 Å². The molecule has 1 saturated heterocycles. The second kappa shape index (κ2) is 8.29. The third-order valence-corrected chi connectivity index (χ3v) is 4.23. The smallest absolute Gasteiger partial charge is 0.321 e. The maximum absolute atomic E-state index is 12.5. The van der Waals surface area contributed by atoms with Crippen LogP contribution in [-0.2, 0) is 4.79 Å². The van der Waals surface area contributed by atoms with Crippen molar-refractivity contribution in [3.63, 3.8) is 0 Å². The van der Waals surface area contributed by atoms with Crippen LogP contribution in [0.25, 0.3) is 0 Å². The van der Waals surface area contributed by atoms with Gasteiger partial charge in [0.2, 0.25) is 5.91 Å². The quantitative estimate of drug-likeness (QED) is 0.869. The molecule has 1 aliphatic heterocycles. The molecule has 7 heteroatoms. The van der Waals surface area contributed by atoms with Gasteiger partial charge in [0.05, 0.1) is 17.9 Å². The molecule has 1 aromatic heterocycles. The van der Waals surface area contributed by atoms with Crippen LogP contribution < -0.4 is 10.6 Å². The molecule has 7 nitrogen and oxygen atoms in total. The number of rotatable bonds is 4. The van der Waals surface area contributed by atoms with Crippen molar-refractivity contribution in [3.8, 4) is 0 Å². The van der Waals surface area contributed by atoms with E-state index in [9.17, 15) is 9.59 Å². The lowest BCUT2D eigenvalue weighted by molar-refractivity contribution is -0.123. The summed E-state index contributed by atoms with van der Waals surface area (Å²) in [7, 11) is 0. The predicted octanol–water partition coefficient (Wildman–Crippen LogP) is 1.68. The lowest BCUT2D eigenvalue weighted by Gasteiger charge is -2.34. The number of nitrogens with one attached hydrogen (secondary N) is 2. The monoisotopic (exact) mass is 347 g/mol. The van der Waals surface area contributed by atoms with Crippen LogP contribution in [0.4, 0.5) is 10.5 Å². The minimum absolute atomic E-state index is 0.0323. The molecule has 3 amide bonds. The highest BCUT2D eigenvalue weighted by Gasteiger charge is 2.23. The van der Waals surface area contributed by atoms with E-state index in [1.807, 2.05) is 40.7 Å². The summed E-state index contributed by atoms with van der Waals surface area (Å²) in [5, 5.41) is 5.88. The molecule has 25 heavy (non-hydrogen) atoms. The fraction of sp³-hybridized carbons (Fsp3) is 0.611. The number of hydrogen-bond donors (Lipinski definition) is 2. The van der Waals surface area contributed by atoms with Gasteiger partial charge in [-0.15, -0.1) is 0 Å². The van der Waals surface area contributed by atoms with E-state index in [1.54, 1.807) is 4.90 Å². The number of aromatic nitrogens is 1. The van der Waals surface area contributed by atoms with Crippen molar-refractivity contribution in [2.24, 2.45) is 0 Å². The maximum Gasteiger partial charge on any atom is 0.321 e. The van der Waals surface area contributed by atoms with Crippen molar-refractivity contribution < 1.29 is 9.59 Å². The molecule has 0 aromatic carbocycles. The second-order valence-electron chi connectivity index (χ2n) is 6.96. The Morgan fingerprint density at radius 2 is 1.80 bits per heavy atom. The van der Waals surface area contributed by atoms with Gasteiger partial charge in [-0.25, -0.2) is 4.79 Å². The molecule has 0 unspecified atom stereocenters. The first-order chi connectivity index (χ1) is 11.8. The first kappa shape index (κ1) is 19.2. The minimum Gasteiger partial charge on any atom is -0.353 e. The molecule has 1 fully saturated rings. The first-order valence-electron chi connectivity index (χ1n) is 8.78. The number of anilines is 1. The standard InChI is InChI=1S/C18H29N5O2/c1-12(2)19-16(24)11-22-6-8-23(9-7-22)18(25)21-17-13(3)10-14(4)20-15(17)5/h10,12H,6-9,11H2,1-5H3,(H,19,24)(H,21,25). The van der Waals surface area contributed by atoms with Crippen molar-refractivity contribution in [1.82, 2.24) is 20.1 Å². The number of aryl methyl sites for hydroxylation is 3. The van der Waals surface area contributed by atoms with Gasteiger partial charge >= 0.3 is 6.03 Å². The Hall–Kier alpha value is -2.15. The van der Waals surface area contributed by atoms with E-state index < -0.39 is 0 Å². The number of urea groups is 1.